The van der Waals surface area contributed by atoms with E-state index in [1.807, 2.05) is 13.8 Å². The van der Waals surface area contributed by atoms with Gasteiger partial charge in [-0.15, -0.1) is 0 Å². The van der Waals surface area contributed by atoms with Crippen molar-refractivity contribution in [3.05, 3.63) is 23.2 Å². The Hall–Kier alpha value is -0.780. The van der Waals surface area contributed by atoms with Crippen molar-refractivity contribution in [1.82, 2.24) is 4.72 Å². The van der Waals surface area contributed by atoms with Gasteiger partial charge in [-0.05, 0) is 24.1 Å². The van der Waals surface area contributed by atoms with Gasteiger partial charge in [0.05, 0.1) is 5.69 Å². The molecule has 0 heterocycles. The second-order valence-corrected chi connectivity index (χ2v) is 6.39. The Labute approximate surface area is 114 Å². The number of halogens is 1. The molecule has 3 N–H and O–H groups in total. The van der Waals surface area contributed by atoms with Crippen molar-refractivity contribution in [2.45, 2.75) is 31.6 Å². The molecule has 0 spiro atoms. The van der Waals surface area contributed by atoms with Gasteiger partial charge in [0.1, 0.15) is 4.90 Å². The minimum atomic E-state index is -3.56. The standard InChI is InChI=1S/C12H19ClN2O2S/c1-3-9(4-2)8-15-18(16,17)12-6-5-10(13)7-11(12)14/h5-7,9,15H,3-4,8,14H2,1-2H3. The van der Waals surface area contributed by atoms with Gasteiger partial charge in [-0.1, -0.05) is 38.3 Å². The summed E-state index contributed by atoms with van der Waals surface area (Å²) in [5.41, 5.74) is 5.84. The molecule has 102 valence electrons. The summed E-state index contributed by atoms with van der Waals surface area (Å²) in [6.45, 7) is 4.51. The second kappa shape index (κ2) is 6.41. The zero-order chi connectivity index (χ0) is 13.8. The summed E-state index contributed by atoms with van der Waals surface area (Å²) in [6.07, 6.45) is 1.88. The van der Waals surface area contributed by atoms with Crippen LogP contribution in [0.25, 0.3) is 0 Å². The molecular formula is C12H19ClN2O2S. The Morgan fingerprint density at radius 2 is 1.94 bits per heavy atom. The number of anilines is 1. The lowest BCUT2D eigenvalue weighted by molar-refractivity contribution is 0.479. The van der Waals surface area contributed by atoms with E-state index in [2.05, 4.69) is 4.72 Å². The molecule has 0 aromatic heterocycles. The first kappa shape index (κ1) is 15.3. The average Bonchev–Trinajstić information content (AvgIpc) is 2.29. The van der Waals surface area contributed by atoms with Gasteiger partial charge < -0.3 is 5.73 Å². The molecule has 1 aromatic rings. The average molecular weight is 291 g/mol. The van der Waals surface area contributed by atoms with E-state index in [-0.39, 0.29) is 10.6 Å². The summed E-state index contributed by atoms with van der Waals surface area (Å²) in [4.78, 5) is 0.0813. The number of hydrogen-bond donors (Lipinski definition) is 2. The van der Waals surface area contributed by atoms with Gasteiger partial charge in [0.25, 0.3) is 0 Å². The molecule has 18 heavy (non-hydrogen) atoms. The van der Waals surface area contributed by atoms with Gasteiger partial charge in [0, 0.05) is 11.6 Å². The van der Waals surface area contributed by atoms with Crippen LogP contribution >= 0.6 is 11.6 Å². The second-order valence-electron chi connectivity index (χ2n) is 4.22. The minimum absolute atomic E-state index is 0.0813. The van der Waals surface area contributed by atoms with E-state index >= 15 is 0 Å². The first-order valence-electron chi connectivity index (χ1n) is 5.95. The Bertz CT molecular complexity index is 499. The summed E-state index contributed by atoms with van der Waals surface area (Å²) in [7, 11) is -3.56. The van der Waals surface area contributed by atoms with Crippen molar-refractivity contribution in [2.75, 3.05) is 12.3 Å². The molecule has 0 radical (unpaired) electrons. The van der Waals surface area contributed by atoms with Gasteiger partial charge in [0.15, 0.2) is 0 Å². The monoisotopic (exact) mass is 290 g/mol. The molecule has 0 aliphatic rings. The van der Waals surface area contributed by atoms with Gasteiger partial charge in [-0.2, -0.15) is 0 Å². The number of benzene rings is 1. The lowest BCUT2D eigenvalue weighted by atomic mass is 10.0. The Morgan fingerprint density at radius 1 is 1.33 bits per heavy atom. The van der Waals surface area contributed by atoms with Crippen LogP contribution in [-0.2, 0) is 10.0 Å². The molecule has 0 atom stereocenters. The Morgan fingerprint density at radius 3 is 2.44 bits per heavy atom. The molecule has 1 aromatic carbocycles. The summed E-state index contributed by atoms with van der Waals surface area (Å²) >= 11 is 5.74. The maximum Gasteiger partial charge on any atom is 0.242 e. The quantitative estimate of drug-likeness (QED) is 0.791. The first-order chi connectivity index (χ1) is 8.40. The normalized spacial score (nSPS) is 12.0. The highest BCUT2D eigenvalue weighted by molar-refractivity contribution is 7.89. The van der Waals surface area contributed by atoms with E-state index in [9.17, 15) is 8.42 Å². The fourth-order valence-electron chi connectivity index (χ4n) is 1.65. The predicted octanol–water partition coefficient (Wildman–Crippen LogP) is 2.64. The molecule has 0 saturated heterocycles. The highest BCUT2D eigenvalue weighted by Gasteiger charge is 2.18. The van der Waals surface area contributed by atoms with Crippen LogP contribution in [0, 0.1) is 5.92 Å². The number of hydrogen-bond acceptors (Lipinski definition) is 3. The zero-order valence-corrected chi connectivity index (χ0v) is 12.2. The van der Waals surface area contributed by atoms with E-state index in [4.69, 9.17) is 17.3 Å². The molecule has 1 rings (SSSR count). The van der Waals surface area contributed by atoms with Crippen LogP contribution in [0.4, 0.5) is 5.69 Å². The smallest absolute Gasteiger partial charge is 0.242 e. The summed E-state index contributed by atoms with van der Waals surface area (Å²) in [6, 6.07) is 4.38. The third-order valence-corrected chi connectivity index (χ3v) is 4.71. The molecule has 0 aliphatic carbocycles. The number of rotatable bonds is 6. The van der Waals surface area contributed by atoms with Crippen molar-refractivity contribution in [3.63, 3.8) is 0 Å². The number of nitrogens with two attached hydrogens (primary N) is 1. The molecule has 4 nitrogen and oxygen atoms in total. The number of nitrogen functional groups attached to an aromatic ring is 1. The third-order valence-electron chi connectivity index (χ3n) is 2.98. The molecule has 0 saturated carbocycles. The third kappa shape index (κ3) is 3.86. The maximum absolute atomic E-state index is 12.1. The number of sulfonamides is 1. The lowest BCUT2D eigenvalue weighted by Gasteiger charge is -2.14. The fraction of sp³-hybridized carbons (Fsp3) is 0.500. The topological polar surface area (TPSA) is 72.2 Å². The highest BCUT2D eigenvalue weighted by Crippen LogP contribution is 2.22. The summed E-state index contributed by atoms with van der Waals surface area (Å²) in [5, 5.41) is 0.423. The molecule has 6 heteroatoms. The molecule has 0 bridgehead atoms. The van der Waals surface area contributed by atoms with E-state index < -0.39 is 10.0 Å². The first-order valence-corrected chi connectivity index (χ1v) is 7.81. The lowest BCUT2D eigenvalue weighted by Crippen LogP contribution is -2.29. The molecule has 0 fully saturated rings. The predicted molar refractivity (Wildman–Crippen MR) is 75.1 cm³/mol. The summed E-state index contributed by atoms with van der Waals surface area (Å²) < 4.78 is 26.7. The minimum Gasteiger partial charge on any atom is -0.398 e. The van der Waals surface area contributed by atoms with Crippen LogP contribution in [0.15, 0.2) is 23.1 Å². The number of nitrogens with one attached hydrogen (secondary N) is 1. The van der Waals surface area contributed by atoms with Crippen molar-refractivity contribution in [1.29, 1.82) is 0 Å². The van der Waals surface area contributed by atoms with Gasteiger partial charge in [-0.25, -0.2) is 13.1 Å². The van der Waals surface area contributed by atoms with Crippen LogP contribution in [-0.4, -0.2) is 15.0 Å². The fourth-order valence-corrected chi connectivity index (χ4v) is 3.05. The largest absolute Gasteiger partial charge is 0.398 e. The van der Waals surface area contributed by atoms with E-state index in [1.54, 1.807) is 0 Å². The van der Waals surface area contributed by atoms with E-state index in [1.165, 1.54) is 18.2 Å². The van der Waals surface area contributed by atoms with Crippen molar-refractivity contribution in [2.24, 2.45) is 5.92 Å². The van der Waals surface area contributed by atoms with Crippen LogP contribution in [0.1, 0.15) is 26.7 Å². The van der Waals surface area contributed by atoms with Gasteiger partial charge in [0.2, 0.25) is 10.0 Å². The molecule has 0 amide bonds. The van der Waals surface area contributed by atoms with Gasteiger partial charge in [-0.3, -0.25) is 0 Å². The van der Waals surface area contributed by atoms with Gasteiger partial charge >= 0.3 is 0 Å². The molecular weight excluding hydrogens is 272 g/mol. The Kier molecular flexibility index (Phi) is 5.44. The molecule has 0 unspecified atom stereocenters. The van der Waals surface area contributed by atoms with E-state index in [0.29, 0.717) is 17.5 Å². The van der Waals surface area contributed by atoms with Crippen molar-refractivity contribution < 1.29 is 8.42 Å². The highest BCUT2D eigenvalue weighted by atomic mass is 35.5. The maximum atomic E-state index is 12.1. The zero-order valence-electron chi connectivity index (χ0n) is 10.6. The van der Waals surface area contributed by atoms with Crippen LogP contribution in [0.5, 0.6) is 0 Å². The van der Waals surface area contributed by atoms with Crippen LogP contribution in [0.2, 0.25) is 5.02 Å². The van der Waals surface area contributed by atoms with Crippen LogP contribution in [0.3, 0.4) is 0 Å². The molecule has 0 aliphatic heterocycles. The van der Waals surface area contributed by atoms with E-state index in [0.717, 1.165) is 12.8 Å². The Balaban J connectivity index is 2.86. The summed E-state index contributed by atoms with van der Waals surface area (Å²) in [5.74, 6) is 0.341. The van der Waals surface area contributed by atoms with Crippen LogP contribution < -0.4 is 10.5 Å². The van der Waals surface area contributed by atoms with Crippen molar-refractivity contribution in [3.8, 4) is 0 Å². The SMILES string of the molecule is CCC(CC)CNS(=O)(=O)c1ccc(Cl)cc1N. The van der Waals surface area contributed by atoms with Crippen molar-refractivity contribution >= 4 is 27.3 Å².